The van der Waals surface area contributed by atoms with Crippen molar-refractivity contribution in [2.75, 3.05) is 12.3 Å². The van der Waals surface area contributed by atoms with Gasteiger partial charge in [-0.05, 0) is 30.5 Å². The fourth-order valence-electron chi connectivity index (χ4n) is 3.72. The zero-order valence-electron chi connectivity index (χ0n) is 16.1. The van der Waals surface area contributed by atoms with Gasteiger partial charge in [-0.2, -0.15) is 18.3 Å². The average molecular weight is 416 g/mol. The van der Waals surface area contributed by atoms with Crippen LogP contribution in [0.4, 0.5) is 19.1 Å². The summed E-state index contributed by atoms with van der Waals surface area (Å²) in [5, 5.41) is 4.05. The molecule has 0 aliphatic carbocycles. The number of likely N-dealkylation sites (tertiary alicyclic amines) is 1. The van der Waals surface area contributed by atoms with Gasteiger partial charge in [0.2, 0.25) is 5.95 Å². The Morgan fingerprint density at radius 1 is 1.20 bits per heavy atom. The summed E-state index contributed by atoms with van der Waals surface area (Å²) < 4.78 is 40.3. The molecular weight excluding hydrogens is 397 g/mol. The molecule has 0 radical (unpaired) electrons. The summed E-state index contributed by atoms with van der Waals surface area (Å²) in [6.07, 6.45) is 1.65. The van der Waals surface area contributed by atoms with Crippen LogP contribution in [0.3, 0.4) is 0 Å². The quantitative estimate of drug-likeness (QED) is 0.706. The first-order chi connectivity index (χ1) is 14.2. The van der Waals surface area contributed by atoms with Gasteiger partial charge in [0.25, 0.3) is 5.91 Å². The first-order valence-electron chi connectivity index (χ1n) is 9.33. The molecule has 3 heterocycles. The Morgan fingerprint density at radius 2 is 1.93 bits per heavy atom. The lowest BCUT2D eigenvalue weighted by Gasteiger charge is -2.25. The lowest BCUT2D eigenvalue weighted by Crippen LogP contribution is -2.31. The third-order valence-corrected chi connectivity index (χ3v) is 5.14. The summed E-state index contributed by atoms with van der Waals surface area (Å²) in [6, 6.07) is 4.43. The number of aromatic nitrogens is 4. The van der Waals surface area contributed by atoms with E-state index < -0.39 is 11.7 Å². The van der Waals surface area contributed by atoms with Crippen molar-refractivity contribution in [1.82, 2.24) is 24.6 Å². The minimum Gasteiger partial charge on any atom is -0.368 e. The molecule has 2 N–H and O–H groups in total. The average Bonchev–Trinajstić information content (AvgIpc) is 3.36. The number of carbonyl (C=O) groups excluding carboxylic acids is 1. The van der Waals surface area contributed by atoms with Crippen LogP contribution in [0, 0.1) is 0 Å². The summed E-state index contributed by atoms with van der Waals surface area (Å²) in [6.45, 7) is 0.536. The van der Waals surface area contributed by atoms with Gasteiger partial charge in [-0.3, -0.25) is 9.48 Å². The molecule has 3 aromatic rings. The van der Waals surface area contributed by atoms with Crippen molar-refractivity contribution >= 4 is 11.9 Å². The Bertz CT molecular complexity index is 1080. The topological polar surface area (TPSA) is 89.9 Å². The van der Waals surface area contributed by atoms with Crippen molar-refractivity contribution in [3.8, 4) is 11.1 Å². The van der Waals surface area contributed by atoms with Crippen molar-refractivity contribution in [2.24, 2.45) is 7.05 Å². The highest BCUT2D eigenvalue weighted by Gasteiger charge is 2.34. The van der Waals surface area contributed by atoms with Gasteiger partial charge in [-0.1, -0.05) is 12.1 Å². The Labute approximate surface area is 170 Å². The lowest BCUT2D eigenvalue weighted by molar-refractivity contribution is -0.137. The molecular formula is C20H19F3N6O. The van der Waals surface area contributed by atoms with E-state index in [-0.39, 0.29) is 17.9 Å². The molecule has 1 aliphatic rings. The molecule has 1 aromatic carbocycles. The molecule has 0 saturated carbocycles. The number of benzene rings is 1. The van der Waals surface area contributed by atoms with Gasteiger partial charge in [0, 0.05) is 31.5 Å². The second-order valence-corrected chi connectivity index (χ2v) is 7.16. The third kappa shape index (κ3) is 3.72. The van der Waals surface area contributed by atoms with Crippen molar-refractivity contribution in [1.29, 1.82) is 0 Å². The number of alkyl halides is 3. The highest BCUT2D eigenvalue weighted by Crippen LogP contribution is 2.38. The standard InChI is InChI=1S/C20H19F3N6O/c1-28-11-13(9-26-28)18(30)29-8-2-3-16(29)17-15(10-25-19(24)27-17)12-4-6-14(7-5-12)20(21,22)23/h4-7,9-11,16H,2-3,8H2,1H3,(H2,24,25,27)/t16-/m1/s1. The molecule has 1 saturated heterocycles. The summed E-state index contributed by atoms with van der Waals surface area (Å²) >= 11 is 0. The zero-order chi connectivity index (χ0) is 21.5. The third-order valence-electron chi connectivity index (χ3n) is 5.14. The predicted octanol–water partition coefficient (Wildman–Crippen LogP) is 3.46. The number of amides is 1. The summed E-state index contributed by atoms with van der Waals surface area (Å²) in [4.78, 5) is 23.1. The maximum atomic E-state index is 13.0. The highest BCUT2D eigenvalue weighted by atomic mass is 19.4. The fraction of sp³-hybridized carbons (Fsp3) is 0.300. The van der Waals surface area contributed by atoms with Crippen LogP contribution in [0.1, 0.15) is 40.5 Å². The van der Waals surface area contributed by atoms with Gasteiger partial charge in [-0.15, -0.1) is 0 Å². The van der Waals surface area contributed by atoms with Crippen molar-refractivity contribution in [3.05, 3.63) is 59.7 Å². The van der Waals surface area contributed by atoms with Gasteiger partial charge in [0.15, 0.2) is 0 Å². The number of anilines is 1. The van der Waals surface area contributed by atoms with E-state index in [1.165, 1.54) is 24.5 Å². The molecule has 1 aliphatic heterocycles. The second-order valence-electron chi connectivity index (χ2n) is 7.16. The van der Waals surface area contributed by atoms with Crippen LogP contribution in [-0.4, -0.2) is 37.1 Å². The minimum absolute atomic E-state index is 0.0429. The number of aryl methyl sites for hydroxylation is 1. The molecule has 2 aromatic heterocycles. The van der Waals surface area contributed by atoms with Crippen LogP contribution in [0.25, 0.3) is 11.1 Å². The maximum Gasteiger partial charge on any atom is 0.416 e. The van der Waals surface area contributed by atoms with Crippen LogP contribution in [0.5, 0.6) is 0 Å². The van der Waals surface area contributed by atoms with E-state index in [1.54, 1.807) is 22.8 Å². The molecule has 1 atom stereocenters. The molecule has 1 amide bonds. The Kier molecular flexibility index (Phi) is 4.92. The van der Waals surface area contributed by atoms with Crippen molar-refractivity contribution < 1.29 is 18.0 Å². The molecule has 10 heteroatoms. The van der Waals surface area contributed by atoms with E-state index in [0.717, 1.165) is 18.6 Å². The molecule has 4 rings (SSSR count). The Hall–Kier alpha value is -3.43. The van der Waals surface area contributed by atoms with Crippen molar-refractivity contribution in [3.63, 3.8) is 0 Å². The molecule has 7 nitrogen and oxygen atoms in total. The Balaban J connectivity index is 1.72. The van der Waals surface area contributed by atoms with Crippen LogP contribution in [0.15, 0.2) is 42.9 Å². The smallest absolute Gasteiger partial charge is 0.368 e. The lowest BCUT2D eigenvalue weighted by atomic mass is 9.98. The predicted molar refractivity (Wildman–Crippen MR) is 103 cm³/mol. The van der Waals surface area contributed by atoms with Gasteiger partial charge in [-0.25, -0.2) is 9.97 Å². The monoisotopic (exact) mass is 416 g/mol. The van der Waals surface area contributed by atoms with E-state index in [2.05, 4.69) is 15.1 Å². The molecule has 156 valence electrons. The number of hydrogen-bond donors (Lipinski definition) is 1. The summed E-state index contributed by atoms with van der Waals surface area (Å²) in [5.41, 5.74) is 7.13. The van der Waals surface area contributed by atoms with Crippen molar-refractivity contribution in [2.45, 2.75) is 25.1 Å². The maximum absolute atomic E-state index is 13.0. The first-order valence-corrected chi connectivity index (χ1v) is 9.33. The number of hydrogen-bond acceptors (Lipinski definition) is 5. The number of halogens is 3. The second kappa shape index (κ2) is 7.43. The summed E-state index contributed by atoms with van der Waals surface area (Å²) in [7, 11) is 1.73. The largest absolute Gasteiger partial charge is 0.416 e. The van der Waals surface area contributed by atoms with Gasteiger partial charge in [0.1, 0.15) is 0 Å². The van der Waals surface area contributed by atoms with Gasteiger partial charge < -0.3 is 10.6 Å². The van der Waals surface area contributed by atoms with E-state index in [1.807, 2.05) is 0 Å². The SMILES string of the molecule is Cn1cc(C(=O)N2CCC[C@@H]2c2nc(N)ncc2-c2ccc(C(F)(F)F)cc2)cn1. The van der Waals surface area contributed by atoms with Gasteiger partial charge >= 0.3 is 6.18 Å². The van der Waals surface area contributed by atoms with Gasteiger partial charge in [0.05, 0.1) is 29.1 Å². The number of rotatable bonds is 3. The first kappa shape index (κ1) is 19.9. The number of nitrogens with zero attached hydrogens (tertiary/aromatic N) is 5. The molecule has 0 bridgehead atoms. The highest BCUT2D eigenvalue weighted by molar-refractivity contribution is 5.94. The van der Waals surface area contributed by atoms with E-state index >= 15 is 0 Å². The molecule has 30 heavy (non-hydrogen) atoms. The van der Waals surface area contributed by atoms with Crippen LogP contribution < -0.4 is 5.73 Å². The summed E-state index contributed by atoms with van der Waals surface area (Å²) in [5.74, 6) is -0.137. The molecule has 1 fully saturated rings. The zero-order valence-corrected chi connectivity index (χ0v) is 16.1. The normalized spacial score (nSPS) is 16.8. The molecule has 0 unspecified atom stereocenters. The minimum atomic E-state index is -4.42. The number of carbonyl (C=O) groups is 1. The van der Waals surface area contributed by atoms with Crippen LogP contribution >= 0.6 is 0 Å². The number of nitrogens with two attached hydrogens (primary N) is 1. The number of nitrogen functional groups attached to an aromatic ring is 1. The van der Waals surface area contributed by atoms with Crippen LogP contribution in [0.2, 0.25) is 0 Å². The van der Waals surface area contributed by atoms with E-state index in [9.17, 15) is 18.0 Å². The van der Waals surface area contributed by atoms with Crippen LogP contribution in [-0.2, 0) is 13.2 Å². The fourth-order valence-corrected chi connectivity index (χ4v) is 3.72. The van der Waals surface area contributed by atoms with E-state index in [0.29, 0.717) is 35.3 Å². The molecule has 0 spiro atoms. The van der Waals surface area contributed by atoms with E-state index in [4.69, 9.17) is 5.73 Å². The Morgan fingerprint density at radius 3 is 2.57 bits per heavy atom.